The largest absolute Gasteiger partial charge is 0.445 e. The molecule has 1 atom stereocenters. The fraction of sp³-hybridized carbons (Fsp3) is 0.200. The van der Waals surface area contributed by atoms with Crippen LogP contribution in [0.4, 0.5) is 13.2 Å². The Kier molecular flexibility index (Phi) is 6.09. The lowest BCUT2D eigenvalue weighted by Crippen LogP contribution is -2.10. The minimum absolute atomic E-state index is 0.100. The van der Waals surface area contributed by atoms with E-state index in [4.69, 9.17) is 4.42 Å². The predicted octanol–water partition coefficient (Wildman–Crippen LogP) is 6.50. The Bertz CT molecular complexity index is 1250. The Hall–Kier alpha value is -3.81. The summed E-state index contributed by atoms with van der Waals surface area (Å²) in [6.45, 7) is 3.72. The molecule has 0 bridgehead atoms. The number of pyridine rings is 2. The summed E-state index contributed by atoms with van der Waals surface area (Å²) >= 11 is 0. The molecule has 0 N–H and O–H groups in total. The minimum Gasteiger partial charge on any atom is -0.445 e. The van der Waals surface area contributed by atoms with Crippen molar-refractivity contribution in [3.05, 3.63) is 89.7 Å². The molecule has 0 radical (unpaired) electrons. The van der Waals surface area contributed by atoms with Crippen molar-refractivity contribution in [2.75, 3.05) is 0 Å². The van der Waals surface area contributed by atoms with Crippen molar-refractivity contribution < 1.29 is 22.4 Å². The van der Waals surface area contributed by atoms with Gasteiger partial charge in [-0.25, -0.2) is 4.98 Å². The number of rotatable bonds is 6. The molecule has 0 fully saturated rings. The number of ketones is 1. The van der Waals surface area contributed by atoms with Crippen LogP contribution in [0.25, 0.3) is 22.7 Å². The van der Waals surface area contributed by atoms with E-state index in [2.05, 4.69) is 15.0 Å². The lowest BCUT2D eigenvalue weighted by atomic mass is 9.92. The van der Waals surface area contributed by atoms with Crippen molar-refractivity contribution in [2.24, 2.45) is 0 Å². The Morgan fingerprint density at radius 3 is 2.39 bits per heavy atom. The number of halogens is 3. The van der Waals surface area contributed by atoms with Gasteiger partial charge in [0.2, 0.25) is 5.89 Å². The maximum absolute atomic E-state index is 13.1. The van der Waals surface area contributed by atoms with Gasteiger partial charge in [0, 0.05) is 35.5 Å². The quantitative estimate of drug-likeness (QED) is 0.313. The van der Waals surface area contributed by atoms with Crippen LogP contribution in [0.15, 0.2) is 71.7 Å². The van der Waals surface area contributed by atoms with Gasteiger partial charge in [-0.2, -0.15) is 13.2 Å². The van der Waals surface area contributed by atoms with Gasteiger partial charge in [0.25, 0.3) is 0 Å². The molecule has 0 aliphatic carbocycles. The van der Waals surface area contributed by atoms with E-state index in [1.165, 1.54) is 24.7 Å². The van der Waals surface area contributed by atoms with E-state index in [0.717, 1.165) is 17.2 Å². The van der Waals surface area contributed by atoms with Gasteiger partial charge in [0.15, 0.2) is 5.78 Å². The number of hydrogen-bond donors (Lipinski definition) is 0. The second-order valence-corrected chi connectivity index (χ2v) is 7.86. The molecule has 0 amide bonds. The van der Waals surface area contributed by atoms with Crippen LogP contribution in [0.1, 0.15) is 46.4 Å². The summed E-state index contributed by atoms with van der Waals surface area (Å²) in [5, 5.41) is 0. The number of Topliss-reactive ketones (excluding diaryl/α,β-unsaturated/α-hetero) is 1. The van der Waals surface area contributed by atoms with Crippen LogP contribution >= 0.6 is 0 Å². The zero-order valence-corrected chi connectivity index (χ0v) is 17.9. The van der Waals surface area contributed by atoms with Gasteiger partial charge in [-0.15, -0.1) is 0 Å². The van der Waals surface area contributed by atoms with Crippen LogP contribution in [-0.2, 0) is 6.18 Å². The second kappa shape index (κ2) is 8.97. The first kappa shape index (κ1) is 22.4. The van der Waals surface area contributed by atoms with Gasteiger partial charge in [-0.05, 0) is 54.3 Å². The zero-order valence-electron chi connectivity index (χ0n) is 17.9. The number of carbonyl (C=O) groups excluding carboxylic acids is 1. The van der Waals surface area contributed by atoms with Crippen molar-refractivity contribution in [2.45, 2.75) is 32.4 Å². The molecule has 0 aliphatic heterocycles. The Morgan fingerprint density at radius 2 is 1.79 bits per heavy atom. The van der Waals surface area contributed by atoms with Crippen LogP contribution in [0, 0.1) is 6.92 Å². The lowest BCUT2D eigenvalue weighted by Gasteiger charge is -2.13. The number of alkyl halides is 3. The van der Waals surface area contributed by atoms with Crippen molar-refractivity contribution in [1.29, 1.82) is 0 Å². The Balaban J connectivity index is 1.63. The predicted molar refractivity (Wildman–Crippen MR) is 117 cm³/mol. The standard InChI is InChI=1S/C25H20F3N3O2/c1-15-3-5-21(30-13-15)18-10-19(12-20(11-18)24-29-7-8-33-24)22(32)9-16(2)17-4-6-23(31-14-17)25(26,27)28/h3-8,10-14,16H,9H2,1-2H3/t16-/m0/s1. The average molecular weight is 451 g/mol. The third-order valence-corrected chi connectivity index (χ3v) is 5.28. The number of carbonyl (C=O) groups is 1. The van der Waals surface area contributed by atoms with Gasteiger partial charge >= 0.3 is 6.18 Å². The summed E-state index contributed by atoms with van der Waals surface area (Å²) < 4.78 is 43.7. The smallest absolute Gasteiger partial charge is 0.433 e. The fourth-order valence-electron chi connectivity index (χ4n) is 3.44. The first-order chi connectivity index (χ1) is 15.7. The van der Waals surface area contributed by atoms with Crippen LogP contribution in [0.3, 0.4) is 0 Å². The van der Waals surface area contributed by atoms with E-state index in [0.29, 0.717) is 28.3 Å². The lowest BCUT2D eigenvalue weighted by molar-refractivity contribution is -0.141. The average Bonchev–Trinajstić information content (AvgIpc) is 3.34. The minimum atomic E-state index is -4.50. The summed E-state index contributed by atoms with van der Waals surface area (Å²) in [6, 6.07) is 11.4. The van der Waals surface area contributed by atoms with Gasteiger partial charge in [0.1, 0.15) is 12.0 Å². The van der Waals surface area contributed by atoms with Crippen LogP contribution in [0.2, 0.25) is 0 Å². The highest BCUT2D eigenvalue weighted by Crippen LogP contribution is 2.31. The van der Waals surface area contributed by atoms with Crippen molar-refractivity contribution >= 4 is 5.78 Å². The normalized spacial score (nSPS) is 12.5. The molecular weight excluding hydrogens is 431 g/mol. The van der Waals surface area contributed by atoms with Gasteiger partial charge < -0.3 is 4.42 Å². The summed E-state index contributed by atoms with van der Waals surface area (Å²) in [6.07, 6.45) is 1.49. The topological polar surface area (TPSA) is 68.9 Å². The van der Waals surface area contributed by atoms with E-state index in [-0.39, 0.29) is 18.1 Å². The summed E-state index contributed by atoms with van der Waals surface area (Å²) in [7, 11) is 0. The summed E-state index contributed by atoms with van der Waals surface area (Å²) in [5.41, 5.74) is 3.11. The molecule has 1 aromatic carbocycles. The third-order valence-electron chi connectivity index (χ3n) is 5.28. The zero-order chi connectivity index (χ0) is 23.6. The molecular formula is C25H20F3N3O2. The fourth-order valence-corrected chi connectivity index (χ4v) is 3.44. The van der Waals surface area contributed by atoms with Crippen molar-refractivity contribution in [3.8, 4) is 22.7 Å². The highest BCUT2D eigenvalue weighted by atomic mass is 19.4. The van der Waals surface area contributed by atoms with Crippen LogP contribution < -0.4 is 0 Å². The van der Waals surface area contributed by atoms with Crippen LogP contribution in [-0.4, -0.2) is 20.7 Å². The number of aromatic nitrogens is 3. The van der Waals surface area contributed by atoms with E-state index < -0.39 is 11.9 Å². The molecule has 8 heteroatoms. The highest BCUT2D eigenvalue weighted by Gasteiger charge is 2.32. The van der Waals surface area contributed by atoms with E-state index in [1.807, 2.05) is 25.1 Å². The maximum Gasteiger partial charge on any atom is 0.433 e. The van der Waals surface area contributed by atoms with E-state index in [9.17, 15) is 18.0 Å². The van der Waals surface area contributed by atoms with E-state index >= 15 is 0 Å². The molecule has 5 nitrogen and oxygen atoms in total. The van der Waals surface area contributed by atoms with E-state index in [1.54, 1.807) is 25.3 Å². The molecule has 0 saturated heterocycles. The summed E-state index contributed by atoms with van der Waals surface area (Å²) in [4.78, 5) is 25.3. The summed E-state index contributed by atoms with van der Waals surface area (Å²) in [5.74, 6) is -0.110. The Morgan fingerprint density at radius 1 is 1.00 bits per heavy atom. The van der Waals surface area contributed by atoms with Gasteiger partial charge in [-0.1, -0.05) is 19.1 Å². The second-order valence-electron chi connectivity index (χ2n) is 7.86. The van der Waals surface area contributed by atoms with Gasteiger partial charge in [-0.3, -0.25) is 14.8 Å². The molecule has 4 aromatic rings. The molecule has 4 rings (SSSR count). The number of oxazole rings is 1. The SMILES string of the molecule is Cc1ccc(-c2cc(C(=O)C[C@H](C)c3ccc(C(F)(F)F)nc3)cc(-c3ncco3)c2)nc1. The van der Waals surface area contributed by atoms with Gasteiger partial charge in [0.05, 0.1) is 11.9 Å². The maximum atomic E-state index is 13.1. The first-order valence-corrected chi connectivity index (χ1v) is 10.2. The molecule has 3 heterocycles. The number of benzene rings is 1. The first-order valence-electron chi connectivity index (χ1n) is 10.2. The van der Waals surface area contributed by atoms with Crippen molar-refractivity contribution in [1.82, 2.24) is 15.0 Å². The Labute approximate surface area is 188 Å². The molecule has 3 aromatic heterocycles. The molecule has 0 saturated carbocycles. The monoisotopic (exact) mass is 451 g/mol. The third kappa shape index (κ3) is 5.16. The highest BCUT2D eigenvalue weighted by molar-refractivity contribution is 5.98. The molecule has 0 spiro atoms. The molecule has 0 unspecified atom stereocenters. The van der Waals surface area contributed by atoms with Crippen molar-refractivity contribution in [3.63, 3.8) is 0 Å². The number of hydrogen-bond acceptors (Lipinski definition) is 5. The molecule has 33 heavy (non-hydrogen) atoms. The number of nitrogens with zero attached hydrogens (tertiary/aromatic N) is 3. The number of aryl methyl sites for hydroxylation is 1. The van der Waals surface area contributed by atoms with Crippen LogP contribution in [0.5, 0.6) is 0 Å². The molecule has 168 valence electrons. The molecule has 0 aliphatic rings.